The van der Waals surface area contributed by atoms with Crippen LogP contribution in [0.3, 0.4) is 0 Å². The molecule has 3 heterocycles. The number of carbonyl (C=O) groups excluding carboxylic acids is 3. The summed E-state index contributed by atoms with van der Waals surface area (Å²) in [4.78, 5) is 44.1. The van der Waals surface area contributed by atoms with Crippen molar-refractivity contribution in [3.8, 4) is 0 Å². The van der Waals surface area contributed by atoms with Crippen LogP contribution in [0.25, 0.3) is 11.6 Å². The number of H-pyrrole nitrogens is 1. The number of piperidine rings is 1. The highest BCUT2D eigenvalue weighted by Gasteiger charge is 2.28. The van der Waals surface area contributed by atoms with Crippen molar-refractivity contribution >= 4 is 35.2 Å². The van der Waals surface area contributed by atoms with Crippen LogP contribution in [-0.4, -0.2) is 65.9 Å². The van der Waals surface area contributed by atoms with Crippen LogP contribution in [0, 0.1) is 19.7 Å². The van der Waals surface area contributed by atoms with Crippen molar-refractivity contribution in [3.63, 3.8) is 0 Å². The molecule has 0 spiro atoms. The number of anilines is 1. The number of amides is 4. The second-order valence-electron chi connectivity index (χ2n) is 8.78. The number of halogens is 1. The number of benzene rings is 1. The quantitative estimate of drug-likeness (QED) is 0.623. The van der Waals surface area contributed by atoms with E-state index < -0.39 is 5.82 Å². The first-order valence-electron chi connectivity index (χ1n) is 10.9. The van der Waals surface area contributed by atoms with Crippen LogP contribution < -0.4 is 10.6 Å². The fraction of sp³-hybridized carbons (Fsp3) is 0.375. The van der Waals surface area contributed by atoms with Crippen molar-refractivity contribution in [2.45, 2.75) is 32.7 Å². The SMILES string of the molecule is Cc1[nH]c(C=C2C(=O)Nc3ccc(F)cc32)c(C)c1C(=O)NC1CCN(C(=O)N(C)C)CC1. The Bertz CT molecular complexity index is 1160. The van der Waals surface area contributed by atoms with Crippen LogP contribution in [0.15, 0.2) is 18.2 Å². The van der Waals surface area contributed by atoms with Gasteiger partial charge in [0.1, 0.15) is 5.82 Å². The lowest BCUT2D eigenvalue weighted by atomic mass is 10.0. The highest BCUT2D eigenvalue weighted by atomic mass is 19.1. The second-order valence-corrected chi connectivity index (χ2v) is 8.78. The Kier molecular flexibility index (Phi) is 5.97. The predicted octanol–water partition coefficient (Wildman–Crippen LogP) is 3.14. The fourth-order valence-corrected chi connectivity index (χ4v) is 4.46. The summed E-state index contributed by atoms with van der Waals surface area (Å²) in [5.41, 5.74) is 3.98. The number of hydrogen-bond acceptors (Lipinski definition) is 3. The number of urea groups is 1. The highest BCUT2D eigenvalue weighted by molar-refractivity contribution is 6.34. The van der Waals surface area contributed by atoms with E-state index in [1.807, 2.05) is 13.8 Å². The van der Waals surface area contributed by atoms with Crippen molar-refractivity contribution in [3.05, 3.63) is 52.1 Å². The smallest absolute Gasteiger partial charge is 0.319 e. The van der Waals surface area contributed by atoms with Gasteiger partial charge in [0.05, 0.1) is 11.1 Å². The number of carbonyl (C=O) groups is 3. The molecule has 2 aromatic rings. The summed E-state index contributed by atoms with van der Waals surface area (Å²) in [5.74, 6) is -0.924. The fourth-order valence-electron chi connectivity index (χ4n) is 4.46. The molecule has 1 aromatic carbocycles. The van der Waals surface area contributed by atoms with E-state index in [1.165, 1.54) is 18.2 Å². The van der Waals surface area contributed by atoms with Gasteiger partial charge < -0.3 is 25.4 Å². The van der Waals surface area contributed by atoms with Crippen molar-refractivity contribution in [2.24, 2.45) is 0 Å². The van der Waals surface area contributed by atoms with E-state index >= 15 is 0 Å². The van der Waals surface area contributed by atoms with Gasteiger partial charge in [0, 0.05) is 55.9 Å². The second kappa shape index (κ2) is 8.73. The van der Waals surface area contributed by atoms with Gasteiger partial charge >= 0.3 is 6.03 Å². The van der Waals surface area contributed by atoms with Gasteiger partial charge in [-0.05, 0) is 56.5 Å². The monoisotopic (exact) mass is 453 g/mol. The molecule has 2 aliphatic rings. The van der Waals surface area contributed by atoms with Gasteiger partial charge in [-0.15, -0.1) is 0 Å². The van der Waals surface area contributed by atoms with Crippen LogP contribution in [0.4, 0.5) is 14.9 Å². The summed E-state index contributed by atoms with van der Waals surface area (Å²) in [5, 5.41) is 5.82. The zero-order valence-electron chi connectivity index (χ0n) is 19.2. The van der Waals surface area contributed by atoms with Crippen LogP contribution in [0.1, 0.15) is 45.7 Å². The number of nitrogens with zero attached hydrogens (tertiary/aromatic N) is 2. The molecule has 9 heteroatoms. The van der Waals surface area contributed by atoms with Crippen LogP contribution in [-0.2, 0) is 4.79 Å². The molecule has 8 nitrogen and oxygen atoms in total. The number of aryl methyl sites for hydroxylation is 1. The average Bonchev–Trinajstić information content (AvgIpc) is 3.23. The first-order chi connectivity index (χ1) is 15.7. The van der Waals surface area contributed by atoms with E-state index in [1.54, 1.807) is 30.0 Å². The van der Waals surface area contributed by atoms with Gasteiger partial charge in [-0.25, -0.2) is 9.18 Å². The van der Waals surface area contributed by atoms with Crippen LogP contribution in [0.2, 0.25) is 0 Å². The molecule has 0 radical (unpaired) electrons. The molecule has 0 saturated carbocycles. The van der Waals surface area contributed by atoms with Crippen molar-refractivity contribution in [1.29, 1.82) is 0 Å². The van der Waals surface area contributed by atoms with Crippen molar-refractivity contribution in [2.75, 3.05) is 32.5 Å². The Morgan fingerprint density at radius 1 is 1.21 bits per heavy atom. The topological polar surface area (TPSA) is 97.5 Å². The van der Waals surface area contributed by atoms with E-state index in [2.05, 4.69) is 15.6 Å². The van der Waals surface area contributed by atoms with Gasteiger partial charge in [0.15, 0.2) is 0 Å². The Hall–Kier alpha value is -3.62. The molecule has 3 N–H and O–H groups in total. The lowest BCUT2D eigenvalue weighted by molar-refractivity contribution is -0.110. The number of likely N-dealkylation sites (tertiary alicyclic amines) is 1. The molecule has 0 unspecified atom stereocenters. The number of hydrogen-bond donors (Lipinski definition) is 3. The van der Waals surface area contributed by atoms with Crippen molar-refractivity contribution < 1.29 is 18.8 Å². The number of fused-ring (bicyclic) bond motifs is 1. The Morgan fingerprint density at radius 3 is 2.58 bits per heavy atom. The minimum absolute atomic E-state index is 0.0188. The van der Waals surface area contributed by atoms with Gasteiger partial charge in [-0.2, -0.15) is 0 Å². The molecule has 1 fully saturated rings. The number of aromatic nitrogens is 1. The molecular weight excluding hydrogens is 425 g/mol. The third kappa shape index (κ3) is 4.35. The normalized spacial score (nSPS) is 17.2. The van der Waals surface area contributed by atoms with Gasteiger partial charge in [-0.3, -0.25) is 9.59 Å². The maximum atomic E-state index is 13.7. The average molecular weight is 454 g/mol. The van der Waals surface area contributed by atoms with E-state index in [0.717, 1.165) is 5.56 Å². The Labute approximate surface area is 191 Å². The zero-order chi connectivity index (χ0) is 23.9. The summed E-state index contributed by atoms with van der Waals surface area (Å²) in [6.45, 7) is 4.82. The largest absolute Gasteiger partial charge is 0.358 e. The maximum Gasteiger partial charge on any atom is 0.319 e. The number of rotatable bonds is 3. The molecule has 4 rings (SSSR count). The van der Waals surface area contributed by atoms with E-state index in [4.69, 9.17) is 0 Å². The minimum atomic E-state index is -0.422. The summed E-state index contributed by atoms with van der Waals surface area (Å²) < 4.78 is 13.7. The van der Waals surface area contributed by atoms with E-state index in [9.17, 15) is 18.8 Å². The predicted molar refractivity (Wildman–Crippen MR) is 124 cm³/mol. The molecular formula is C24H28FN5O3. The summed E-state index contributed by atoms with van der Waals surface area (Å²) >= 11 is 0. The van der Waals surface area contributed by atoms with E-state index in [0.29, 0.717) is 59.7 Å². The number of nitrogens with one attached hydrogen (secondary N) is 3. The summed E-state index contributed by atoms with van der Waals surface area (Å²) in [6, 6.07) is 4.12. The van der Waals surface area contributed by atoms with E-state index in [-0.39, 0.29) is 23.9 Å². The van der Waals surface area contributed by atoms with Gasteiger partial charge in [0.25, 0.3) is 11.8 Å². The first-order valence-corrected chi connectivity index (χ1v) is 10.9. The molecule has 1 aromatic heterocycles. The molecule has 0 aliphatic carbocycles. The standard InChI is InChI=1S/C24H28FN5O3/c1-13-20(12-18-17-11-15(25)5-6-19(17)28-22(18)31)26-14(2)21(13)23(32)27-16-7-9-30(10-8-16)24(33)29(3)4/h5-6,11-12,16,26H,7-10H2,1-4H3,(H,27,32)(H,28,31). The molecule has 0 bridgehead atoms. The molecule has 1 saturated heterocycles. The van der Waals surface area contributed by atoms with Gasteiger partial charge in [0.2, 0.25) is 0 Å². The minimum Gasteiger partial charge on any atom is -0.358 e. The molecule has 0 atom stereocenters. The van der Waals surface area contributed by atoms with Crippen LogP contribution >= 0.6 is 0 Å². The Balaban J connectivity index is 1.50. The maximum absolute atomic E-state index is 13.7. The van der Waals surface area contributed by atoms with Gasteiger partial charge in [-0.1, -0.05) is 0 Å². The number of aromatic amines is 1. The lowest BCUT2D eigenvalue weighted by Gasteiger charge is -2.34. The molecule has 174 valence electrons. The lowest BCUT2D eigenvalue weighted by Crippen LogP contribution is -2.49. The molecule has 4 amide bonds. The molecule has 33 heavy (non-hydrogen) atoms. The third-order valence-electron chi connectivity index (χ3n) is 6.24. The molecule has 2 aliphatic heterocycles. The zero-order valence-corrected chi connectivity index (χ0v) is 19.2. The van der Waals surface area contributed by atoms with Crippen molar-refractivity contribution in [1.82, 2.24) is 20.1 Å². The summed E-state index contributed by atoms with van der Waals surface area (Å²) in [7, 11) is 3.45. The van der Waals surface area contributed by atoms with Crippen LogP contribution in [0.5, 0.6) is 0 Å². The Morgan fingerprint density at radius 2 is 1.91 bits per heavy atom. The third-order valence-corrected chi connectivity index (χ3v) is 6.24. The highest BCUT2D eigenvalue weighted by Crippen LogP contribution is 2.34. The summed E-state index contributed by atoms with van der Waals surface area (Å²) in [6.07, 6.45) is 3.03. The first kappa shape index (κ1) is 22.6.